The fourth-order valence-electron chi connectivity index (χ4n) is 4.84. The van der Waals surface area contributed by atoms with E-state index in [1.54, 1.807) is 12.1 Å². The van der Waals surface area contributed by atoms with Crippen molar-refractivity contribution in [2.75, 3.05) is 13.2 Å². The Kier molecular flexibility index (Phi) is 7.84. The maximum absolute atomic E-state index is 13.1. The fourth-order valence-corrected chi connectivity index (χ4v) is 9.42. The molecule has 0 aliphatic carbocycles. The van der Waals surface area contributed by atoms with Crippen molar-refractivity contribution < 1.29 is 23.1 Å². The molecule has 2 atom stereocenters. The maximum Gasteiger partial charge on any atom is 0.261 e. The lowest BCUT2D eigenvalue weighted by atomic mass is 10.1. The molecule has 6 heteroatoms. The molecular formula is C29H33FO4Si. The van der Waals surface area contributed by atoms with E-state index in [9.17, 15) is 9.18 Å². The molecule has 0 saturated carbocycles. The minimum Gasteiger partial charge on any atom is -0.491 e. The largest absolute Gasteiger partial charge is 0.491 e. The van der Waals surface area contributed by atoms with Gasteiger partial charge in [-0.2, -0.15) is 0 Å². The number of ether oxygens (including phenoxy) is 2. The minimum absolute atomic E-state index is 0.0729. The molecule has 0 bridgehead atoms. The zero-order valence-electron chi connectivity index (χ0n) is 20.6. The molecule has 1 saturated heterocycles. The zero-order chi connectivity index (χ0) is 24.9. The normalized spacial score (nSPS) is 18.6. The van der Waals surface area contributed by atoms with Crippen LogP contribution in [0.5, 0.6) is 5.75 Å². The highest BCUT2D eigenvalue weighted by molar-refractivity contribution is 6.99. The summed E-state index contributed by atoms with van der Waals surface area (Å²) >= 11 is 0. The van der Waals surface area contributed by atoms with Crippen LogP contribution in [0.15, 0.2) is 84.9 Å². The van der Waals surface area contributed by atoms with Gasteiger partial charge < -0.3 is 13.9 Å². The summed E-state index contributed by atoms with van der Waals surface area (Å²) in [4.78, 5) is 12.7. The van der Waals surface area contributed by atoms with Crippen molar-refractivity contribution in [3.8, 4) is 5.75 Å². The SMILES string of the molecule is CC(C)(C)[Si](OCCC1O[C@H](COc2ccc(F)cc2)CC1=O)(c1ccccc1)c1ccccc1. The molecule has 3 aromatic carbocycles. The number of benzene rings is 3. The van der Waals surface area contributed by atoms with Crippen molar-refractivity contribution in [2.45, 2.75) is 50.9 Å². The highest BCUT2D eigenvalue weighted by Crippen LogP contribution is 2.37. The van der Waals surface area contributed by atoms with Gasteiger partial charge in [0.2, 0.25) is 0 Å². The van der Waals surface area contributed by atoms with Crippen LogP contribution in [0, 0.1) is 5.82 Å². The Morgan fingerprint density at radius 2 is 1.49 bits per heavy atom. The quantitative estimate of drug-likeness (QED) is 0.399. The van der Waals surface area contributed by atoms with Gasteiger partial charge in [0.25, 0.3) is 8.32 Å². The first kappa shape index (κ1) is 25.3. The fraction of sp³-hybridized carbons (Fsp3) is 0.345. The Labute approximate surface area is 208 Å². The predicted molar refractivity (Wildman–Crippen MR) is 138 cm³/mol. The van der Waals surface area contributed by atoms with E-state index in [0.29, 0.717) is 25.2 Å². The third kappa shape index (κ3) is 5.72. The van der Waals surface area contributed by atoms with E-state index >= 15 is 0 Å². The van der Waals surface area contributed by atoms with Crippen molar-refractivity contribution in [1.29, 1.82) is 0 Å². The van der Waals surface area contributed by atoms with Gasteiger partial charge in [-0.1, -0.05) is 81.4 Å². The Morgan fingerprint density at radius 1 is 0.914 bits per heavy atom. The summed E-state index contributed by atoms with van der Waals surface area (Å²) in [6.07, 6.45) is -0.0120. The molecule has 184 valence electrons. The smallest absolute Gasteiger partial charge is 0.261 e. The third-order valence-corrected chi connectivity index (χ3v) is 11.6. The molecule has 0 N–H and O–H groups in total. The Balaban J connectivity index is 1.44. The van der Waals surface area contributed by atoms with Gasteiger partial charge in [0.05, 0.1) is 6.10 Å². The van der Waals surface area contributed by atoms with E-state index in [1.165, 1.54) is 22.5 Å². The first-order valence-electron chi connectivity index (χ1n) is 12.1. The summed E-state index contributed by atoms with van der Waals surface area (Å²) in [5.41, 5.74) is 0. The Hall–Kier alpha value is -2.80. The van der Waals surface area contributed by atoms with Crippen LogP contribution in [-0.2, 0) is 14.0 Å². The van der Waals surface area contributed by atoms with Crippen LogP contribution >= 0.6 is 0 Å². The predicted octanol–water partition coefficient (Wildman–Crippen LogP) is 4.90. The lowest BCUT2D eigenvalue weighted by Gasteiger charge is -2.43. The number of halogens is 1. The van der Waals surface area contributed by atoms with E-state index in [0.717, 1.165) is 0 Å². The first-order valence-corrected chi connectivity index (χ1v) is 14.0. The number of rotatable bonds is 9. The number of ketones is 1. The van der Waals surface area contributed by atoms with Crippen molar-refractivity contribution in [2.24, 2.45) is 0 Å². The molecule has 35 heavy (non-hydrogen) atoms. The van der Waals surface area contributed by atoms with Crippen LogP contribution < -0.4 is 15.1 Å². The standard InChI is InChI=1S/C29H33FO4Si/c1-29(2,3)35(25-10-6-4-7-11-25,26-12-8-5-9-13-26)33-19-18-28-27(31)20-24(34-28)21-32-23-16-14-22(30)15-17-23/h4-17,24,28H,18-21H2,1-3H3/t24-,28?/m0/s1. The summed E-state index contributed by atoms with van der Waals surface area (Å²) in [6.45, 7) is 7.39. The summed E-state index contributed by atoms with van der Waals surface area (Å²) in [7, 11) is -2.65. The van der Waals surface area contributed by atoms with E-state index in [-0.39, 0.29) is 29.3 Å². The number of carbonyl (C=O) groups is 1. The van der Waals surface area contributed by atoms with Gasteiger partial charge in [0.15, 0.2) is 5.78 Å². The molecule has 0 aromatic heterocycles. The minimum atomic E-state index is -2.65. The van der Waals surface area contributed by atoms with E-state index < -0.39 is 14.4 Å². The molecule has 1 aliphatic rings. The average molecular weight is 493 g/mol. The lowest BCUT2D eigenvalue weighted by Crippen LogP contribution is -2.66. The summed E-state index contributed by atoms with van der Waals surface area (Å²) in [6, 6.07) is 26.8. The Bertz CT molecular complexity index is 1060. The summed E-state index contributed by atoms with van der Waals surface area (Å²) in [5, 5.41) is 2.30. The molecular weight excluding hydrogens is 459 g/mol. The second-order valence-corrected chi connectivity index (χ2v) is 14.3. The Morgan fingerprint density at radius 3 is 2.03 bits per heavy atom. The number of carbonyl (C=O) groups excluding carboxylic acids is 1. The molecule has 0 spiro atoms. The maximum atomic E-state index is 13.1. The van der Waals surface area contributed by atoms with Crippen LogP contribution in [0.1, 0.15) is 33.6 Å². The van der Waals surface area contributed by atoms with E-state index in [2.05, 4.69) is 69.3 Å². The van der Waals surface area contributed by atoms with Crippen molar-refractivity contribution in [3.63, 3.8) is 0 Å². The average Bonchev–Trinajstić information content (AvgIpc) is 3.21. The first-order chi connectivity index (χ1) is 16.8. The van der Waals surface area contributed by atoms with Crippen LogP contribution in [0.25, 0.3) is 0 Å². The molecule has 1 fully saturated rings. The zero-order valence-corrected chi connectivity index (χ0v) is 21.6. The molecule has 4 nitrogen and oxygen atoms in total. The topological polar surface area (TPSA) is 44.8 Å². The molecule has 0 radical (unpaired) electrons. The van der Waals surface area contributed by atoms with Gasteiger partial charge in [-0.25, -0.2) is 4.39 Å². The molecule has 1 aliphatic heterocycles. The van der Waals surface area contributed by atoms with Gasteiger partial charge >= 0.3 is 0 Å². The summed E-state index contributed by atoms with van der Waals surface area (Å²) < 4.78 is 31.7. The van der Waals surface area contributed by atoms with Gasteiger partial charge in [-0.3, -0.25) is 4.79 Å². The van der Waals surface area contributed by atoms with Crippen molar-refractivity contribution >= 4 is 24.5 Å². The number of hydrogen-bond donors (Lipinski definition) is 0. The van der Waals surface area contributed by atoms with Crippen molar-refractivity contribution in [3.05, 3.63) is 90.7 Å². The second-order valence-electron chi connectivity index (χ2n) is 9.98. The summed E-state index contributed by atoms with van der Waals surface area (Å²) in [5.74, 6) is 0.315. The number of Topliss-reactive ketones (excluding diaryl/α,β-unsaturated/α-hetero) is 1. The van der Waals surface area contributed by atoms with Crippen LogP contribution in [0.3, 0.4) is 0 Å². The highest BCUT2D eigenvalue weighted by atomic mass is 28.4. The van der Waals surface area contributed by atoms with E-state index in [4.69, 9.17) is 13.9 Å². The van der Waals surface area contributed by atoms with Gasteiger partial charge in [-0.15, -0.1) is 0 Å². The molecule has 1 unspecified atom stereocenters. The van der Waals surface area contributed by atoms with E-state index in [1.807, 2.05) is 12.1 Å². The molecule has 0 amide bonds. The molecule has 3 aromatic rings. The van der Waals surface area contributed by atoms with Crippen LogP contribution in [0.4, 0.5) is 4.39 Å². The lowest BCUT2D eigenvalue weighted by molar-refractivity contribution is -0.123. The molecule has 1 heterocycles. The van der Waals surface area contributed by atoms with Crippen LogP contribution in [0.2, 0.25) is 5.04 Å². The molecule has 4 rings (SSSR count). The van der Waals surface area contributed by atoms with Gasteiger partial charge in [0.1, 0.15) is 24.3 Å². The van der Waals surface area contributed by atoms with Crippen molar-refractivity contribution in [1.82, 2.24) is 0 Å². The highest BCUT2D eigenvalue weighted by Gasteiger charge is 2.50. The second kappa shape index (κ2) is 10.9. The van der Waals surface area contributed by atoms with Crippen LogP contribution in [-0.4, -0.2) is 39.5 Å². The van der Waals surface area contributed by atoms with Gasteiger partial charge in [0, 0.05) is 19.4 Å². The monoisotopic (exact) mass is 492 g/mol. The number of hydrogen-bond acceptors (Lipinski definition) is 4. The third-order valence-electron chi connectivity index (χ3n) is 6.51. The van der Waals surface area contributed by atoms with Gasteiger partial charge in [-0.05, 0) is 39.7 Å².